The summed E-state index contributed by atoms with van der Waals surface area (Å²) in [5.74, 6) is 1.90. The first-order valence-corrected chi connectivity index (χ1v) is 14.5. The maximum atomic E-state index is 11.4. The summed E-state index contributed by atoms with van der Waals surface area (Å²) in [7, 11) is -0.146. The molecule has 0 amide bonds. The van der Waals surface area contributed by atoms with Crippen molar-refractivity contribution in [2.24, 2.45) is 0 Å². The molecule has 0 saturated carbocycles. The van der Waals surface area contributed by atoms with Crippen LogP contribution in [0.2, 0.25) is 10.0 Å². The predicted octanol–water partition coefficient (Wildman–Crippen LogP) is 4.87. The Kier molecular flexibility index (Phi) is 10.9. The number of hydrogen-bond acceptors (Lipinski definition) is 7. The molecule has 0 unspecified atom stereocenters. The topological polar surface area (TPSA) is 97.3 Å². The van der Waals surface area contributed by atoms with Crippen LogP contribution in [0, 0.1) is 0 Å². The summed E-state index contributed by atoms with van der Waals surface area (Å²) in [6.45, 7) is 1.45. The highest BCUT2D eigenvalue weighted by Crippen LogP contribution is 2.30. The summed E-state index contributed by atoms with van der Waals surface area (Å²) >= 11 is 12.3. The molecular formula is C27H32Cl2N2O6S. The highest BCUT2D eigenvalue weighted by atomic mass is 35.5. The van der Waals surface area contributed by atoms with Crippen LogP contribution in [0.4, 0.5) is 5.69 Å². The molecule has 0 aliphatic carbocycles. The number of hydrogen-bond donors (Lipinski definition) is 2. The van der Waals surface area contributed by atoms with Gasteiger partial charge >= 0.3 is 0 Å². The van der Waals surface area contributed by atoms with E-state index in [0.29, 0.717) is 59.0 Å². The lowest BCUT2D eigenvalue weighted by Crippen LogP contribution is -2.36. The number of ether oxygens (including phenoxy) is 3. The minimum Gasteiger partial charge on any atom is -0.496 e. The molecule has 0 aromatic heterocycles. The van der Waals surface area contributed by atoms with Crippen molar-refractivity contribution < 1.29 is 27.7 Å². The van der Waals surface area contributed by atoms with Crippen LogP contribution in [0.3, 0.4) is 0 Å². The summed E-state index contributed by atoms with van der Waals surface area (Å²) in [4.78, 5) is 2.09. The molecule has 206 valence electrons. The van der Waals surface area contributed by atoms with E-state index >= 15 is 0 Å². The van der Waals surface area contributed by atoms with Gasteiger partial charge in [-0.1, -0.05) is 35.3 Å². The number of anilines is 1. The molecule has 0 radical (unpaired) electrons. The van der Waals surface area contributed by atoms with Crippen molar-refractivity contribution in [3.63, 3.8) is 0 Å². The molecule has 0 heterocycles. The van der Waals surface area contributed by atoms with Crippen molar-refractivity contribution in [3.8, 4) is 17.2 Å². The number of nitrogens with one attached hydrogen (secondary N) is 1. The summed E-state index contributed by atoms with van der Waals surface area (Å²) in [6.07, 6.45) is 0.955. The van der Waals surface area contributed by atoms with Gasteiger partial charge in [-0.3, -0.25) is 9.62 Å². The number of nitrogens with zero attached hydrogens (tertiary/aromatic N) is 1. The van der Waals surface area contributed by atoms with Gasteiger partial charge < -0.3 is 19.3 Å². The van der Waals surface area contributed by atoms with Gasteiger partial charge in [0.2, 0.25) is 10.0 Å². The number of benzene rings is 3. The molecule has 0 spiro atoms. The van der Waals surface area contributed by atoms with Gasteiger partial charge in [-0.25, -0.2) is 8.42 Å². The minimum atomic E-state index is -3.36. The Labute approximate surface area is 234 Å². The Morgan fingerprint density at radius 2 is 1.63 bits per heavy atom. The van der Waals surface area contributed by atoms with Gasteiger partial charge in [-0.05, 0) is 60.5 Å². The number of halogens is 2. The predicted molar refractivity (Wildman–Crippen MR) is 151 cm³/mol. The van der Waals surface area contributed by atoms with Crippen LogP contribution < -0.4 is 18.9 Å². The van der Waals surface area contributed by atoms with E-state index in [-0.39, 0.29) is 6.61 Å². The van der Waals surface area contributed by atoms with Crippen LogP contribution in [0.5, 0.6) is 17.2 Å². The number of aliphatic hydroxyl groups excluding tert-OH is 1. The minimum absolute atomic E-state index is 0.0468. The maximum absolute atomic E-state index is 11.4. The average Bonchev–Trinajstić information content (AvgIpc) is 2.88. The van der Waals surface area contributed by atoms with E-state index in [1.807, 2.05) is 30.3 Å². The first-order chi connectivity index (χ1) is 18.1. The van der Waals surface area contributed by atoms with E-state index in [9.17, 15) is 13.5 Å². The van der Waals surface area contributed by atoms with E-state index < -0.39 is 16.1 Å². The highest BCUT2D eigenvalue weighted by Gasteiger charge is 2.18. The van der Waals surface area contributed by atoms with Crippen LogP contribution in [-0.4, -0.2) is 64.7 Å². The summed E-state index contributed by atoms with van der Waals surface area (Å²) in [5, 5.41) is 11.8. The number of sulfonamides is 1. The second kappa shape index (κ2) is 13.9. The lowest BCUT2D eigenvalue weighted by Gasteiger charge is -2.27. The van der Waals surface area contributed by atoms with Gasteiger partial charge in [0, 0.05) is 25.3 Å². The first-order valence-electron chi connectivity index (χ1n) is 11.8. The van der Waals surface area contributed by atoms with E-state index in [1.54, 1.807) is 44.6 Å². The third-order valence-corrected chi connectivity index (χ3v) is 7.03. The lowest BCUT2D eigenvalue weighted by atomic mass is 10.1. The molecule has 0 saturated heterocycles. The normalized spacial score (nSPS) is 12.3. The zero-order valence-electron chi connectivity index (χ0n) is 21.5. The third kappa shape index (κ3) is 9.25. The van der Waals surface area contributed by atoms with Crippen LogP contribution in [0.25, 0.3) is 0 Å². The number of aliphatic hydroxyl groups is 1. The molecular weight excluding hydrogens is 551 g/mol. The van der Waals surface area contributed by atoms with E-state index in [4.69, 9.17) is 37.4 Å². The van der Waals surface area contributed by atoms with Crippen molar-refractivity contribution in [1.82, 2.24) is 4.90 Å². The summed E-state index contributed by atoms with van der Waals surface area (Å²) in [6, 6.07) is 17.6. The van der Waals surface area contributed by atoms with E-state index in [0.717, 1.165) is 17.4 Å². The second-order valence-electron chi connectivity index (χ2n) is 8.74. The zero-order valence-corrected chi connectivity index (χ0v) is 23.8. The Hall–Kier alpha value is -2.69. The van der Waals surface area contributed by atoms with Crippen LogP contribution in [0.1, 0.15) is 11.1 Å². The Balaban J connectivity index is 1.69. The molecule has 38 heavy (non-hydrogen) atoms. The maximum Gasteiger partial charge on any atom is 0.229 e. The molecule has 3 rings (SSSR count). The van der Waals surface area contributed by atoms with Crippen molar-refractivity contribution in [2.45, 2.75) is 19.1 Å². The first kappa shape index (κ1) is 29.9. The van der Waals surface area contributed by atoms with Gasteiger partial charge in [-0.2, -0.15) is 0 Å². The molecule has 3 aromatic carbocycles. The largest absolute Gasteiger partial charge is 0.496 e. The lowest BCUT2D eigenvalue weighted by molar-refractivity contribution is 0.0654. The van der Waals surface area contributed by atoms with Crippen LogP contribution in [-0.2, 0) is 23.0 Å². The number of rotatable bonds is 14. The van der Waals surface area contributed by atoms with Crippen molar-refractivity contribution in [2.75, 3.05) is 44.9 Å². The van der Waals surface area contributed by atoms with E-state index in [2.05, 4.69) is 9.62 Å². The molecule has 0 fully saturated rings. The molecule has 0 bridgehead atoms. The summed E-state index contributed by atoms with van der Waals surface area (Å²) in [5.41, 5.74) is 2.32. The molecule has 0 aliphatic heterocycles. The SMILES string of the molecule is COc1cccc(OC)c1CN(CCc1ccc(Cl)c(Cl)c1)C[C@H](O)COc1ccc(NS(C)(=O)=O)cc1. The molecule has 2 N–H and O–H groups in total. The quantitative estimate of drug-likeness (QED) is 0.280. The second-order valence-corrected chi connectivity index (χ2v) is 11.3. The van der Waals surface area contributed by atoms with Crippen molar-refractivity contribution >= 4 is 38.9 Å². The smallest absolute Gasteiger partial charge is 0.229 e. The van der Waals surface area contributed by atoms with E-state index in [1.165, 1.54) is 0 Å². The standard InChI is InChI=1S/C27H32Cl2N2O6S/c1-35-26-5-4-6-27(36-2)23(26)17-31(14-13-19-7-12-24(28)25(29)15-19)16-21(32)18-37-22-10-8-20(9-11-22)30-38(3,33)34/h4-12,15,21,30,32H,13-14,16-18H2,1-3H3/t21-/m0/s1. The summed E-state index contributed by atoms with van der Waals surface area (Å²) < 4.78 is 42.0. The third-order valence-electron chi connectivity index (χ3n) is 5.68. The van der Waals surface area contributed by atoms with Crippen LogP contribution >= 0.6 is 23.2 Å². The molecule has 8 nitrogen and oxygen atoms in total. The fraction of sp³-hybridized carbons (Fsp3) is 0.333. The zero-order chi connectivity index (χ0) is 27.7. The van der Waals surface area contributed by atoms with Gasteiger partial charge in [0.05, 0.1) is 36.1 Å². The molecule has 1 atom stereocenters. The molecule has 0 aliphatic rings. The van der Waals surface area contributed by atoms with Crippen molar-refractivity contribution in [3.05, 3.63) is 81.8 Å². The van der Waals surface area contributed by atoms with Gasteiger partial charge in [0.15, 0.2) is 0 Å². The monoisotopic (exact) mass is 582 g/mol. The Morgan fingerprint density at radius 1 is 0.974 bits per heavy atom. The fourth-order valence-electron chi connectivity index (χ4n) is 3.90. The highest BCUT2D eigenvalue weighted by molar-refractivity contribution is 7.92. The molecule has 3 aromatic rings. The fourth-order valence-corrected chi connectivity index (χ4v) is 4.79. The number of methoxy groups -OCH3 is 2. The van der Waals surface area contributed by atoms with Gasteiger partial charge in [-0.15, -0.1) is 0 Å². The Morgan fingerprint density at radius 3 is 2.21 bits per heavy atom. The Bertz CT molecular complexity index is 1280. The van der Waals surface area contributed by atoms with Gasteiger partial charge in [0.25, 0.3) is 0 Å². The molecule has 11 heteroatoms. The average molecular weight is 584 g/mol. The van der Waals surface area contributed by atoms with Crippen molar-refractivity contribution in [1.29, 1.82) is 0 Å². The van der Waals surface area contributed by atoms with Gasteiger partial charge in [0.1, 0.15) is 30.0 Å². The van der Waals surface area contributed by atoms with Crippen LogP contribution in [0.15, 0.2) is 60.7 Å².